The molecule has 1 rings (SSSR count). The molecule has 0 aliphatic rings. The van der Waals surface area contributed by atoms with Crippen LogP contribution in [0.25, 0.3) is 0 Å². The number of nitrogens with one attached hydrogen (secondary N) is 2. The van der Waals surface area contributed by atoms with Crippen LogP contribution < -0.4 is 15.9 Å². The summed E-state index contributed by atoms with van der Waals surface area (Å²) >= 11 is 3.35. The van der Waals surface area contributed by atoms with Crippen LogP contribution in [0.15, 0.2) is 27.8 Å². The Labute approximate surface area is 113 Å². The van der Waals surface area contributed by atoms with Gasteiger partial charge in [-0.25, -0.2) is 0 Å². The molecule has 0 saturated carbocycles. The van der Waals surface area contributed by atoms with Crippen LogP contribution in [-0.4, -0.2) is 18.2 Å². The second-order valence-corrected chi connectivity index (χ2v) is 4.00. The number of nitriles is 1. The first-order valence-corrected chi connectivity index (χ1v) is 5.89. The third-order valence-corrected chi connectivity index (χ3v) is 2.58. The van der Waals surface area contributed by atoms with Crippen molar-refractivity contribution in [3.63, 3.8) is 0 Å². The first kappa shape index (κ1) is 14.0. The van der Waals surface area contributed by atoms with Crippen molar-refractivity contribution >= 4 is 33.2 Å². The highest BCUT2D eigenvalue weighted by Crippen LogP contribution is 2.32. The molecule has 0 unspecified atom stereocenters. The molecule has 0 aliphatic carbocycles. The Hall–Kier alpha value is -2.07. The number of hydrogen-bond donors (Lipinski definition) is 3. The predicted molar refractivity (Wildman–Crippen MR) is 73.9 cm³/mol. The van der Waals surface area contributed by atoms with E-state index in [2.05, 4.69) is 26.5 Å². The molecule has 0 saturated heterocycles. The second kappa shape index (κ2) is 6.61. The summed E-state index contributed by atoms with van der Waals surface area (Å²) in [5.74, 6) is 0.200. The molecule has 7 heteroatoms. The molecule has 0 amide bonds. The fourth-order valence-corrected chi connectivity index (χ4v) is 1.58. The van der Waals surface area contributed by atoms with Crippen molar-refractivity contribution in [3.05, 3.63) is 22.7 Å². The maximum Gasteiger partial charge on any atom is 0.201 e. The van der Waals surface area contributed by atoms with Gasteiger partial charge in [0.25, 0.3) is 0 Å². The van der Waals surface area contributed by atoms with Gasteiger partial charge < -0.3 is 10.5 Å². The average Bonchev–Trinajstić information content (AvgIpc) is 2.33. The number of rotatable bonds is 5. The van der Waals surface area contributed by atoms with Gasteiger partial charge in [-0.2, -0.15) is 10.4 Å². The normalized spacial score (nSPS) is 10.6. The van der Waals surface area contributed by atoms with Gasteiger partial charge in [0.15, 0.2) is 5.84 Å². The van der Waals surface area contributed by atoms with Gasteiger partial charge in [-0.15, -0.1) is 0 Å². The van der Waals surface area contributed by atoms with Gasteiger partial charge in [0.2, 0.25) is 5.71 Å². The number of para-hydroxylation sites is 1. The molecule has 0 bridgehead atoms. The third-order valence-electron chi connectivity index (χ3n) is 1.92. The van der Waals surface area contributed by atoms with Crippen molar-refractivity contribution in [3.8, 4) is 11.8 Å². The van der Waals surface area contributed by atoms with Crippen LogP contribution in [0.4, 0.5) is 5.69 Å². The molecule has 0 aromatic heterocycles. The molecule has 0 aliphatic heterocycles. The number of hydrogen-bond acceptors (Lipinski definition) is 5. The second-order valence-electron chi connectivity index (χ2n) is 3.14. The Morgan fingerprint density at radius 3 is 2.94 bits per heavy atom. The molecule has 0 radical (unpaired) electrons. The average molecular weight is 310 g/mol. The number of halogens is 1. The molecule has 6 nitrogen and oxygen atoms in total. The van der Waals surface area contributed by atoms with Crippen molar-refractivity contribution in [2.75, 3.05) is 12.0 Å². The number of anilines is 1. The standard InChI is InChI=1S/C11H12BrN5O/c1-2-18-9-5-3-4-7(12)10(9)17-16-8(6-13)11(14)15/h3-5,17H,2H2,1H3,(H3,14,15)/b16-8+. The van der Waals surface area contributed by atoms with E-state index in [1.54, 1.807) is 18.2 Å². The van der Waals surface area contributed by atoms with Crippen LogP contribution in [0.5, 0.6) is 5.75 Å². The summed E-state index contributed by atoms with van der Waals surface area (Å²) in [4.78, 5) is 0. The zero-order chi connectivity index (χ0) is 13.5. The van der Waals surface area contributed by atoms with Crippen LogP contribution in [0, 0.1) is 16.7 Å². The number of nitrogens with two attached hydrogens (primary N) is 1. The van der Waals surface area contributed by atoms with E-state index in [-0.39, 0.29) is 5.71 Å². The molecule has 1 aromatic rings. The minimum atomic E-state index is -0.394. The third kappa shape index (κ3) is 3.46. The zero-order valence-electron chi connectivity index (χ0n) is 9.70. The van der Waals surface area contributed by atoms with E-state index in [4.69, 9.17) is 21.1 Å². The molecule has 4 N–H and O–H groups in total. The van der Waals surface area contributed by atoms with E-state index in [0.29, 0.717) is 18.0 Å². The highest BCUT2D eigenvalue weighted by Gasteiger charge is 2.08. The van der Waals surface area contributed by atoms with Crippen LogP contribution >= 0.6 is 15.9 Å². The van der Waals surface area contributed by atoms with E-state index in [1.807, 2.05) is 13.0 Å². The summed E-state index contributed by atoms with van der Waals surface area (Å²) < 4.78 is 6.15. The summed E-state index contributed by atoms with van der Waals surface area (Å²) in [7, 11) is 0. The van der Waals surface area contributed by atoms with Crippen LogP contribution in [0.1, 0.15) is 6.92 Å². The Morgan fingerprint density at radius 1 is 1.67 bits per heavy atom. The first-order valence-electron chi connectivity index (χ1n) is 5.09. The van der Waals surface area contributed by atoms with E-state index in [9.17, 15) is 0 Å². The first-order chi connectivity index (χ1) is 8.60. The number of benzene rings is 1. The van der Waals surface area contributed by atoms with E-state index < -0.39 is 5.84 Å². The molecule has 0 atom stereocenters. The lowest BCUT2D eigenvalue weighted by atomic mass is 10.3. The minimum Gasteiger partial charge on any atom is -0.492 e. The lowest BCUT2D eigenvalue weighted by molar-refractivity contribution is 0.341. The lowest BCUT2D eigenvalue weighted by Crippen LogP contribution is -2.22. The monoisotopic (exact) mass is 309 g/mol. The van der Waals surface area contributed by atoms with Gasteiger partial charge in [-0.3, -0.25) is 10.8 Å². The van der Waals surface area contributed by atoms with Crippen molar-refractivity contribution in [2.24, 2.45) is 10.8 Å². The van der Waals surface area contributed by atoms with Gasteiger partial charge >= 0.3 is 0 Å². The van der Waals surface area contributed by atoms with E-state index in [1.165, 1.54) is 0 Å². The molecule has 0 heterocycles. The smallest absolute Gasteiger partial charge is 0.201 e. The van der Waals surface area contributed by atoms with E-state index >= 15 is 0 Å². The zero-order valence-corrected chi connectivity index (χ0v) is 11.3. The van der Waals surface area contributed by atoms with Gasteiger partial charge in [-0.1, -0.05) is 6.07 Å². The Balaban J connectivity index is 3.04. The summed E-state index contributed by atoms with van der Waals surface area (Å²) in [5.41, 5.74) is 8.25. The fraction of sp³-hybridized carbons (Fsp3) is 0.182. The Bertz CT molecular complexity index is 521. The number of ether oxygens (including phenoxy) is 1. The maximum absolute atomic E-state index is 8.73. The number of nitrogens with zero attached hydrogens (tertiary/aromatic N) is 2. The van der Waals surface area contributed by atoms with Gasteiger partial charge in [-0.05, 0) is 35.0 Å². The molecule has 94 valence electrons. The molecular weight excluding hydrogens is 298 g/mol. The van der Waals surface area contributed by atoms with Crippen LogP contribution in [0.3, 0.4) is 0 Å². The highest BCUT2D eigenvalue weighted by molar-refractivity contribution is 9.10. The fourth-order valence-electron chi connectivity index (χ4n) is 1.15. The topological polar surface area (TPSA) is 107 Å². The summed E-state index contributed by atoms with van der Waals surface area (Å²) in [6, 6.07) is 7.12. The van der Waals surface area contributed by atoms with Crippen molar-refractivity contribution in [2.45, 2.75) is 6.92 Å². The van der Waals surface area contributed by atoms with Gasteiger partial charge in [0, 0.05) is 4.47 Å². The van der Waals surface area contributed by atoms with Crippen LogP contribution in [-0.2, 0) is 0 Å². The Morgan fingerprint density at radius 2 is 2.39 bits per heavy atom. The van der Waals surface area contributed by atoms with Crippen molar-refractivity contribution in [1.29, 1.82) is 10.7 Å². The van der Waals surface area contributed by atoms with Crippen LogP contribution in [0.2, 0.25) is 0 Å². The number of amidine groups is 1. The van der Waals surface area contributed by atoms with E-state index in [0.717, 1.165) is 4.47 Å². The Kier molecular flexibility index (Phi) is 5.14. The van der Waals surface area contributed by atoms with Crippen molar-refractivity contribution in [1.82, 2.24) is 0 Å². The highest BCUT2D eigenvalue weighted by atomic mass is 79.9. The number of hydrazone groups is 1. The molecular formula is C11H12BrN5O. The lowest BCUT2D eigenvalue weighted by Gasteiger charge is -2.11. The SMILES string of the molecule is CCOc1cccc(Br)c1N/N=C(\C#N)C(=N)N. The molecule has 18 heavy (non-hydrogen) atoms. The van der Waals surface area contributed by atoms with Gasteiger partial charge in [0.05, 0.1) is 6.61 Å². The summed E-state index contributed by atoms with van der Waals surface area (Å²) in [6.07, 6.45) is 0. The maximum atomic E-state index is 8.73. The molecule has 0 fully saturated rings. The molecule has 1 aromatic carbocycles. The minimum absolute atomic E-state index is 0.187. The summed E-state index contributed by atoms with van der Waals surface area (Å²) in [6.45, 7) is 2.37. The largest absolute Gasteiger partial charge is 0.492 e. The predicted octanol–water partition coefficient (Wildman–Crippen LogP) is 2.08. The van der Waals surface area contributed by atoms with Crippen molar-refractivity contribution < 1.29 is 4.74 Å². The van der Waals surface area contributed by atoms with Gasteiger partial charge in [0.1, 0.15) is 17.5 Å². The quantitative estimate of drug-likeness (QED) is 0.439. The summed E-state index contributed by atoms with van der Waals surface area (Å²) in [5, 5.41) is 19.6. The molecule has 0 spiro atoms.